The molecular weight excluding hydrogens is 257 g/mol. The second-order valence-corrected chi connectivity index (χ2v) is 5.68. The minimum absolute atomic E-state index is 0.342. The number of hydrogen-bond acceptors (Lipinski definition) is 4. The summed E-state index contributed by atoms with van der Waals surface area (Å²) in [6, 6.07) is 4.07. The zero-order valence-corrected chi connectivity index (χ0v) is 12.5. The molecule has 0 saturated carbocycles. The summed E-state index contributed by atoms with van der Waals surface area (Å²) >= 11 is 0. The molecule has 1 aromatic heterocycles. The molecule has 1 aliphatic heterocycles. The van der Waals surface area contributed by atoms with Crippen molar-refractivity contribution in [2.75, 3.05) is 32.1 Å². The van der Waals surface area contributed by atoms with E-state index in [2.05, 4.69) is 17.9 Å². The van der Waals surface area contributed by atoms with E-state index in [9.17, 15) is 9.50 Å². The molecule has 0 amide bonds. The van der Waals surface area contributed by atoms with E-state index < -0.39 is 12.3 Å². The molecule has 1 aliphatic rings. The lowest BCUT2D eigenvalue weighted by Crippen LogP contribution is -2.45. The van der Waals surface area contributed by atoms with Gasteiger partial charge in [-0.25, -0.2) is 4.39 Å². The molecule has 0 aromatic carbocycles. The Morgan fingerprint density at radius 2 is 2.20 bits per heavy atom. The molecule has 2 rings (SSSR count). The predicted molar refractivity (Wildman–Crippen MR) is 78.7 cm³/mol. The van der Waals surface area contributed by atoms with Crippen molar-refractivity contribution in [2.45, 2.75) is 38.6 Å². The lowest BCUT2D eigenvalue weighted by atomic mass is 10.0. The van der Waals surface area contributed by atoms with E-state index in [-0.39, 0.29) is 0 Å². The molecule has 1 saturated heterocycles. The lowest BCUT2D eigenvalue weighted by molar-refractivity contribution is 0.0644. The van der Waals surface area contributed by atoms with Crippen molar-refractivity contribution in [1.29, 1.82) is 0 Å². The van der Waals surface area contributed by atoms with Crippen LogP contribution in [0.4, 0.5) is 10.1 Å². The van der Waals surface area contributed by atoms with Gasteiger partial charge in [-0.1, -0.05) is 6.92 Å². The van der Waals surface area contributed by atoms with Gasteiger partial charge in [-0.2, -0.15) is 0 Å². The third kappa shape index (κ3) is 3.46. The first kappa shape index (κ1) is 15.2. The molecule has 2 unspecified atom stereocenters. The predicted octanol–water partition coefficient (Wildman–Crippen LogP) is 1.61. The van der Waals surface area contributed by atoms with Gasteiger partial charge in [0.05, 0.1) is 11.4 Å². The highest BCUT2D eigenvalue weighted by Crippen LogP contribution is 2.25. The Hall–Kier alpha value is -1.20. The number of aromatic nitrogens is 1. The molecular formula is C15H24FN3O. The Bertz CT molecular complexity index is 453. The maximum Gasteiger partial charge on any atom is 0.129 e. The number of aliphatic hydroxyl groups is 1. The van der Waals surface area contributed by atoms with Crippen molar-refractivity contribution in [1.82, 2.24) is 9.88 Å². The number of hydrogen-bond donors (Lipinski definition) is 1. The van der Waals surface area contributed by atoms with Gasteiger partial charge in [0.25, 0.3) is 0 Å². The topological polar surface area (TPSA) is 39.6 Å². The van der Waals surface area contributed by atoms with Crippen LogP contribution in [-0.2, 0) is 13.0 Å². The highest BCUT2D eigenvalue weighted by molar-refractivity contribution is 5.52. The van der Waals surface area contributed by atoms with Gasteiger partial charge in [0, 0.05) is 25.3 Å². The van der Waals surface area contributed by atoms with Gasteiger partial charge < -0.3 is 14.9 Å². The highest BCUT2D eigenvalue weighted by Gasteiger charge is 2.28. The van der Waals surface area contributed by atoms with Gasteiger partial charge in [0.15, 0.2) is 0 Å². The van der Waals surface area contributed by atoms with Crippen LogP contribution in [0.25, 0.3) is 0 Å². The Kier molecular flexibility index (Phi) is 4.94. The first-order valence-corrected chi connectivity index (χ1v) is 7.22. The van der Waals surface area contributed by atoms with E-state index in [0.717, 1.165) is 30.0 Å². The minimum Gasteiger partial charge on any atom is -0.388 e. The van der Waals surface area contributed by atoms with Crippen LogP contribution in [-0.4, -0.2) is 54.5 Å². The van der Waals surface area contributed by atoms with Crippen LogP contribution in [0.5, 0.6) is 0 Å². The number of β-amino-alcohol motifs (C(OH)–C–C–N with tert-alkyl or cyclic N) is 1. The molecule has 4 nitrogen and oxygen atoms in total. The molecule has 1 aromatic rings. The molecule has 2 atom stereocenters. The molecule has 112 valence electrons. The Morgan fingerprint density at radius 3 is 2.80 bits per heavy atom. The van der Waals surface area contributed by atoms with Gasteiger partial charge in [-0.3, -0.25) is 4.98 Å². The van der Waals surface area contributed by atoms with Crippen LogP contribution >= 0.6 is 0 Å². The largest absolute Gasteiger partial charge is 0.388 e. The number of piperidine rings is 1. The third-order valence-electron chi connectivity index (χ3n) is 3.68. The fraction of sp³-hybridized carbons (Fsp3) is 0.667. The quantitative estimate of drug-likeness (QED) is 0.910. The van der Waals surface area contributed by atoms with E-state index in [1.165, 1.54) is 0 Å². The fourth-order valence-corrected chi connectivity index (χ4v) is 2.56. The van der Waals surface area contributed by atoms with Crippen LogP contribution in [0.3, 0.4) is 0 Å². The number of pyridine rings is 1. The zero-order valence-electron chi connectivity index (χ0n) is 12.5. The number of alkyl halides is 1. The molecule has 2 heterocycles. The van der Waals surface area contributed by atoms with Gasteiger partial charge in [0.1, 0.15) is 12.3 Å². The van der Waals surface area contributed by atoms with Crippen molar-refractivity contribution in [3.8, 4) is 0 Å². The Morgan fingerprint density at radius 1 is 1.45 bits per heavy atom. The summed E-state index contributed by atoms with van der Waals surface area (Å²) in [4.78, 5) is 8.81. The summed E-state index contributed by atoms with van der Waals surface area (Å²) in [5, 5.41) is 9.74. The second-order valence-electron chi connectivity index (χ2n) is 5.68. The minimum atomic E-state index is -1.11. The maximum absolute atomic E-state index is 13.4. The van der Waals surface area contributed by atoms with Crippen molar-refractivity contribution in [3.05, 3.63) is 23.5 Å². The smallest absolute Gasteiger partial charge is 0.129 e. The first-order chi connectivity index (χ1) is 9.51. The van der Waals surface area contributed by atoms with E-state index in [1.807, 2.05) is 25.1 Å². The van der Waals surface area contributed by atoms with Crippen LogP contribution < -0.4 is 4.90 Å². The molecule has 0 aliphatic carbocycles. The normalized spacial score (nSPS) is 23.4. The summed E-state index contributed by atoms with van der Waals surface area (Å²) in [5.74, 6) is 0. The lowest BCUT2D eigenvalue weighted by Gasteiger charge is -2.35. The zero-order chi connectivity index (χ0) is 14.7. The molecule has 0 bridgehead atoms. The van der Waals surface area contributed by atoms with Gasteiger partial charge in [-0.05, 0) is 39.1 Å². The highest BCUT2D eigenvalue weighted by atomic mass is 19.1. The number of anilines is 1. The number of nitrogens with zero attached hydrogens (tertiary/aromatic N) is 3. The summed E-state index contributed by atoms with van der Waals surface area (Å²) in [6.45, 7) is 3.80. The molecule has 0 radical (unpaired) electrons. The Labute approximate surface area is 120 Å². The standard InChI is InChI=1S/C15H24FN3O/c1-4-11-5-6-14(13(17-11)9-18(2)3)19-8-7-12(16)15(20)10-19/h5-6,12,15,20H,4,7-10H2,1-3H3. The van der Waals surface area contributed by atoms with Gasteiger partial charge in [-0.15, -0.1) is 0 Å². The van der Waals surface area contributed by atoms with E-state index in [1.54, 1.807) is 0 Å². The van der Waals surface area contributed by atoms with Crippen molar-refractivity contribution >= 4 is 5.69 Å². The molecule has 1 N–H and O–H groups in total. The van der Waals surface area contributed by atoms with Crippen molar-refractivity contribution < 1.29 is 9.50 Å². The summed E-state index contributed by atoms with van der Waals surface area (Å²) in [6.07, 6.45) is -0.734. The summed E-state index contributed by atoms with van der Waals surface area (Å²) in [7, 11) is 4.01. The average molecular weight is 281 g/mol. The Balaban J connectivity index is 2.25. The van der Waals surface area contributed by atoms with Gasteiger partial charge in [0.2, 0.25) is 0 Å². The monoisotopic (exact) mass is 281 g/mol. The molecule has 1 fully saturated rings. The third-order valence-corrected chi connectivity index (χ3v) is 3.68. The van der Waals surface area contributed by atoms with E-state index in [4.69, 9.17) is 4.98 Å². The van der Waals surface area contributed by atoms with E-state index in [0.29, 0.717) is 19.5 Å². The van der Waals surface area contributed by atoms with Crippen molar-refractivity contribution in [3.63, 3.8) is 0 Å². The van der Waals surface area contributed by atoms with Gasteiger partial charge >= 0.3 is 0 Å². The molecule has 20 heavy (non-hydrogen) atoms. The van der Waals surface area contributed by atoms with Crippen LogP contribution in [0.1, 0.15) is 24.7 Å². The van der Waals surface area contributed by atoms with Crippen LogP contribution in [0, 0.1) is 0 Å². The van der Waals surface area contributed by atoms with Crippen LogP contribution in [0.2, 0.25) is 0 Å². The average Bonchev–Trinajstić information content (AvgIpc) is 2.41. The number of aryl methyl sites for hydroxylation is 1. The summed E-state index contributed by atoms with van der Waals surface area (Å²) in [5.41, 5.74) is 3.08. The number of rotatable bonds is 4. The fourth-order valence-electron chi connectivity index (χ4n) is 2.56. The first-order valence-electron chi connectivity index (χ1n) is 7.22. The number of aliphatic hydroxyl groups excluding tert-OH is 1. The second kappa shape index (κ2) is 6.50. The maximum atomic E-state index is 13.4. The number of halogens is 1. The van der Waals surface area contributed by atoms with E-state index >= 15 is 0 Å². The molecule has 5 heteroatoms. The molecule has 0 spiro atoms. The summed E-state index contributed by atoms with van der Waals surface area (Å²) < 4.78 is 13.4. The van der Waals surface area contributed by atoms with Crippen LogP contribution in [0.15, 0.2) is 12.1 Å². The SMILES string of the molecule is CCc1ccc(N2CCC(F)C(O)C2)c(CN(C)C)n1. The van der Waals surface area contributed by atoms with Crippen molar-refractivity contribution in [2.24, 2.45) is 0 Å².